The lowest BCUT2D eigenvalue weighted by molar-refractivity contribution is 0.523. The van der Waals surface area contributed by atoms with Gasteiger partial charge in [-0.3, -0.25) is 0 Å². The molecule has 0 aliphatic carbocycles. The van der Waals surface area contributed by atoms with Crippen LogP contribution in [0.1, 0.15) is 27.7 Å². The Morgan fingerprint density at radius 2 is 1.13 bits per heavy atom. The Bertz CT molecular complexity index is 214. The average molecular weight is 243 g/mol. The highest BCUT2D eigenvalue weighted by Crippen LogP contribution is 2.32. The summed E-state index contributed by atoms with van der Waals surface area (Å²) in [6, 6.07) is 0. The summed E-state index contributed by atoms with van der Waals surface area (Å²) in [5.41, 5.74) is 5.27. The topological polar surface area (TPSA) is 9.23 Å². The van der Waals surface area contributed by atoms with Gasteiger partial charge in [-0.25, -0.2) is 0 Å². The molecule has 0 amide bonds. The Labute approximate surface area is 97.5 Å². The first-order chi connectivity index (χ1) is 6.72. The van der Waals surface area contributed by atoms with E-state index in [2.05, 4.69) is 65.3 Å². The molecule has 0 saturated heterocycles. The third-order valence-corrected chi connectivity index (χ3v) is 13.3. The van der Waals surface area contributed by atoms with E-state index in [9.17, 15) is 0 Å². The van der Waals surface area contributed by atoms with Gasteiger partial charge in [-0.2, -0.15) is 0 Å². The Kier molecular flexibility index (Phi) is 5.23. The van der Waals surface area contributed by atoms with Crippen molar-refractivity contribution in [1.82, 2.24) is 0 Å². The van der Waals surface area contributed by atoms with Gasteiger partial charge in [-0.1, -0.05) is 39.1 Å². The van der Waals surface area contributed by atoms with Crippen LogP contribution in [0, 0.1) is 0 Å². The Hall–Kier alpha value is -0.126. The minimum Gasteiger partial charge on any atom is -0.449 e. The molecule has 0 aliphatic rings. The molecule has 0 aliphatic heterocycles. The molecule has 2 atom stereocenters. The zero-order chi connectivity index (χ0) is 12.3. The van der Waals surface area contributed by atoms with Crippen LogP contribution in [0.3, 0.4) is 0 Å². The Balaban J connectivity index is 4.95. The molecule has 0 saturated carbocycles. The summed E-state index contributed by atoms with van der Waals surface area (Å²) in [5, 5.41) is 0. The molecule has 0 rings (SSSR count). The van der Waals surface area contributed by atoms with Gasteiger partial charge in [0.25, 0.3) is 0 Å². The predicted octanol–water partition coefficient (Wildman–Crippen LogP) is 4.42. The molecule has 0 fully saturated rings. The van der Waals surface area contributed by atoms with Crippen LogP contribution in [-0.2, 0) is 4.12 Å². The SMILES string of the molecule is C=C[Si](C)(O[Si](C)(C=C)C(C)C)C(C)C. The fourth-order valence-electron chi connectivity index (χ4n) is 1.26. The minimum absolute atomic E-state index is 0.570. The summed E-state index contributed by atoms with van der Waals surface area (Å²) in [7, 11) is -3.53. The molecule has 0 radical (unpaired) electrons. The number of rotatable bonds is 6. The van der Waals surface area contributed by atoms with Crippen molar-refractivity contribution in [3.8, 4) is 0 Å². The Morgan fingerprint density at radius 1 is 0.867 bits per heavy atom. The van der Waals surface area contributed by atoms with Crippen molar-refractivity contribution < 1.29 is 4.12 Å². The Morgan fingerprint density at radius 3 is 1.27 bits per heavy atom. The highest BCUT2D eigenvalue weighted by molar-refractivity contribution is 6.91. The van der Waals surface area contributed by atoms with E-state index in [-0.39, 0.29) is 0 Å². The van der Waals surface area contributed by atoms with Crippen LogP contribution >= 0.6 is 0 Å². The van der Waals surface area contributed by atoms with Gasteiger partial charge in [-0.05, 0) is 24.2 Å². The highest BCUT2D eigenvalue weighted by Gasteiger charge is 2.40. The van der Waals surface area contributed by atoms with Gasteiger partial charge in [-0.15, -0.1) is 13.2 Å². The van der Waals surface area contributed by atoms with Crippen LogP contribution in [0.4, 0.5) is 0 Å². The maximum absolute atomic E-state index is 6.49. The van der Waals surface area contributed by atoms with Crippen LogP contribution in [0.25, 0.3) is 0 Å². The fourth-order valence-corrected chi connectivity index (χ4v) is 8.55. The third-order valence-electron chi connectivity index (χ3n) is 3.54. The lowest BCUT2D eigenvalue weighted by Crippen LogP contribution is -2.49. The van der Waals surface area contributed by atoms with Crippen molar-refractivity contribution in [3.05, 3.63) is 24.6 Å². The van der Waals surface area contributed by atoms with E-state index >= 15 is 0 Å². The van der Waals surface area contributed by atoms with Gasteiger partial charge in [0, 0.05) is 0 Å². The summed E-state index contributed by atoms with van der Waals surface area (Å²) < 4.78 is 6.49. The van der Waals surface area contributed by atoms with Gasteiger partial charge in [0.2, 0.25) is 16.6 Å². The van der Waals surface area contributed by atoms with E-state index < -0.39 is 16.6 Å². The van der Waals surface area contributed by atoms with Crippen LogP contribution in [0.15, 0.2) is 24.6 Å². The predicted molar refractivity (Wildman–Crippen MR) is 74.9 cm³/mol. The molecule has 0 heterocycles. The second-order valence-corrected chi connectivity index (χ2v) is 13.9. The quantitative estimate of drug-likeness (QED) is 0.626. The number of hydrogen-bond acceptors (Lipinski definition) is 1. The minimum atomic E-state index is -1.77. The largest absolute Gasteiger partial charge is 0.449 e. The smallest absolute Gasteiger partial charge is 0.203 e. The third kappa shape index (κ3) is 3.43. The van der Waals surface area contributed by atoms with Gasteiger partial charge in [0.05, 0.1) is 0 Å². The van der Waals surface area contributed by atoms with Crippen LogP contribution < -0.4 is 0 Å². The average Bonchev–Trinajstić information content (AvgIpc) is 2.16. The van der Waals surface area contributed by atoms with E-state index in [0.717, 1.165) is 0 Å². The molecule has 88 valence electrons. The van der Waals surface area contributed by atoms with E-state index in [1.165, 1.54) is 0 Å². The first kappa shape index (κ1) is 14.9. The molecule has 0 aromatic rings. The molecule has 0 N–H and O–H groups in total. The number of hydrogen-bond donors (Lipinski definition) is 0. The van der Waals surface area contributed by atoms with Crippen molar-refractivity contribution in [1.29, 1.82) is 0 Å². The van der Waals surface area contributed by atoms with Crippen LogP contribution in [0.2, 0.25) is 24.2 Å². The maximum Gasteiger partial charge on any atom is 0.203 e. The van der Waals surface area contributed by atoms with Crippen molar-refractivity contribution >= 4 is 16.6 Å². The van der Waals surface area contributed by atoms with Gasteiger partial charge < -0.3 is 4.12 Å². The highest BCUT2D eigenvalue weighted by atomic mass is 28.4. The molecular formula is C12H26OSi2. The monoisotopic (exact) mass is 242 g/mol. The van der Waals surface area contributed by atoms with Crippen molar-refractivity contribution in [2.45, 2.75) is 51.9 Å². The van der Waals surface area contributed by atoms with E-state index in [1.54, 1.807) is 0 Å². The van der Waals surface area contributed by atoms with Crippen LogP contribution in [0.5, 0.6) is 0 Å². The summed E-state index contributed by atoms with van der Waals surface area (Å²) in [5.74, 6) is 0. The lowest BCUT2D eigenvalue weighted by Gasteiger charge is -2.39. The molecule has 3 heteroatoms. The van der Waals surface area contributed by atoms with Crippen LogP contribution in [-0.4, -0.2) is 16.6 Å². The van der Waals surface area contributed by atoms with Gasteiger partial charge in [0.1, 0.15) is 0 Å². The second-order valence-electron chi connectivity index (χ2n) is 5.19. The fraction of sp³-hybridized carbons (Fsp3) is 0.667. The maximum atomic E-state index is 6.49. The summed E-state index contributed by atoms with van der Waals surface area (Å²) in [6.45, 7) is 21.3. The van der Waals surface area contributed by atoms with E-state index in [0.29, 0.717) is 11.1 Å². The van der Waals surface area contributed by atoms with Crippen molar-refractivity contribution in [2.75, 3.05) is 0 Å². The summed E-state index contributed by atoms with van der Waals surface area (Å²) >= 11 is 0. The normalized spacial score (nSPS) is 19.7. The molecule has 0 bridgehead atoms. The summed E-state index contributed by atoms with van der Waals surface area (Å²) in [6.07, 6.45) is 0. The molecular weight excluding hydrogens is 216 g/mol. The molecule has 0 spiro atoms. The van der Waals surface area contributed by atoms with Gasteiger partial charge in [0.15, 0.2) is 0 Å². The lowest BCUT2D eigenvalue weighted by atomic mass is 10.6. The molecule has 2 unspecified atom stereocenters. The zero-order valence-corrected chi connectivity index (χ0v) is 13.1. The second kappa shape index (κ2) is 5.28. The van der Waals surface area contributed by atoms with E-state index in [4.69, 9.17) is 4.12 Å². The first-order valence-corrected chi connectivity index (χ1v) is 10.8. The molecule has 15 heavy (non-hydrogen) atoms. The van der Waals surface area contributed by atoms with Gasteiger partial charge >= 0.3 is 0 Å². The zero-order valence-electron chi connectivity index (χ0n) is 11.1. The van der Waals surface area contributed by atoms with E-state index in [1.807, 2.05) is 0 Å². The molecule has 1 nitrogen and oxygen atoms in total. The van der Waals surface area contributed by atoms with Crippen molar-refractivity contribution in [3.63, 3.8) is 0 Å². The molecule has 0 aromatic carbocycles. The standard InChI is InChI=1S/C12H26OSi2/c1-9-14(7,11(3)4)13-15(8,10-2)12(5)6/h9-12H,1-2H2,3-8H3. The van der Waals surface area contributed by atoms with Crippen molar-refractivity contribution in [2.24, 2.45) is 0 Å². The molecule has 0 aromatic heterocycles. The first-order valence-electron chi connectivity index (χ1n) is 5.69. The summed E-state index contributed by atoms with van der Waals surface area (Å²) in [4.78, 5) is 0.